The molecule has 1 amide bonds. The molecule has 1 atom stereocenters. The molecule has 0 spiro atoms. The van der Waals surface area contributed by atoms with E-state index in [9.17, 15) is 4.79 Å². The van der Waals surface area contributed by atoms with E-state index in [-0.39, 0.29) is 17.6 Å². The van der Waals surface area contributed by atoms with Crippen LogP contribution in [0.5, 0.6) is 5.75 Å². The number of amides is 1. The van der Waals surface area contributed by atoms with E-state index in [0.29, 0.717) is 17.1 Å². The molecule has 5 heteroatoms. The third-order valence-electron chi connectivity index (χ3n) is 4.57. The van der Waals surface area contributed by atoms with Gasteiger partial charge in [-0.3, -0.25) is 4.79 Å². The molecule has 1 aromatic heterocycles. The van der Waals surface area contributed by atoms with Gasteiger partial charge in [0.15, 0.2) is 17.8 Å². The Kier molecular flexibility index (Phi) is 3.98. The monoisotopic (exact) mass is 334 g/mol. The van der Waals surface area contributed by atoms with Crippen LogP contribution in [0.15, 0.2) is 59.3 Å². The minimum atomic E-state index is -0.239. The van der Waals surface area contributed by atoms with Gasteiger partial charge in [-0.2, -0.15) is 0 Å². The number of ether oxygens (including phenoxy) is 1. The van der Waals surface area contributed by atoms with Crippen LogP contribution < -0.4 is 10.1 Å². The third-order valence-corrected chi connectivity index (χ3v) is 4.57. The first-order valence-corrected chi connectivity index (χ1v) is 8.23. The Morgan fingerprint density at radius 3 is 2.88 bits per heavy atom. The second-order valence-electron chi connectivity index (χ2n) is 5.99. The minimum absolute atomic E-state index is 0.00548. The number of hydrogen-bond acceptors (Lipinski definition) is 4. The number of nitrogens with one attached hydrogen (secondary N) is 1. The summed E-state index contributed by atoms with van der Waals surface area (Å²) in [6.07, 6.45) is 3.16. The number of aryl methyl sites for hydroxylation is 1. The molecular formula is C20H18N2O3. The zero-order valence-corrected chi connectivity index (χ0v) is 13.9. The fourth-order valence-electron chi connectivity index (χ4n) is 3.36. The number of methoxy groups -OCH3 is 1. The molecule has 0 bridgehead atoms. The average Bonchev–Trinajstić information content (AvgIpc) is 3.29. The summed E-state index contributed by atoms with van der Waals surface area (Å²) in [6.45, 7) is 0. The number of rotatable bonds is 4. The first-order chi connectivity index (χ1) is 12.3. The predicted molar refractivity (Wildman–Crippen MR) is 93.5 cm³/mol. The van der Waals surface area contributed by atoms with E-state index in [1.807, 2.05) is 36.4 Å². The maximum absolute atomic E-state index is 12.8. The molecule has 1 aliphatic rings. The van der Waals surface area contributed by atoms with Crippen molar-refractivity contribution in [2.45, 2.75) is 18.9 Å². The van der Waals surface area contributed by atoms with Gasteiger partial charge in [0.05, 0.1) is 18.7 Å². The van der Waals surface area contributed by atoms with Gasteiger partial charge in [0.2, 0.25) is 0 Å². The lowest BCUT2D eigenvalue weighted by Crippen LogP contribution is -2.27. The highest BCUT2D eigenvalue weighted by atomic mass is 16.5. The highest BCUT2D eigenvalue weighted by molar-refractivity contribution is 5.98. The quantitative estimate of drug-likeness (QED) is 0.789. The van der Waals surface area contributed by atoms with Gasteiger partial charge in [0.25, 0.3) is 5.91 Å². The number of carbonyl (C=O) groups is 1. The summed E-state index contributed by atoms with van der Waals surface area (Å²) in [7, 11) is 1.59. The summed E-state index contributed by atoms with van der Waals surface area (Å²) in [5, 5.41) is 3.08. The number of fused-ring (bicyclic) bond motifs is 1. The van der Waals surface area contributed by atoms with Crippen LogP contribution in [0, 0.1) is 0 Å². The van der Waals surface area contributed by atoms with E-state index in [1.165, 1.54) is 17.5 Å². The predicted octanol–water partition coefficient (Wildman–Crippen LogP) is 3.77. The molecule has 0 saturated heterocycles. The van der Waals surface area contributed by atoms with Gasteiger partial charge < -0.3 is 14.5 Å². The molecule has 0 radical (unpaired) electrons. The van der Waals surface area contributed by atoms with E-state index in [0.717, 1.165) is 12.8 Å². The van der Waals surface area contributed by atoms with E-state index in [1.54, 1.807) is 7.11 Å². The molecule has 0 aliphatic heterocycles. The Morgan fingerprint density at radius 2 is 2.00 bits per heavy atom. The van der Waals surface area contributed by atoms with Crippen LogP contribution in [0.1, 0.15) is 34.1 Å². The zero-order chi connectivity index (χ0) is 17.2. The summed E-state index contributed by atoms with van der Waals surface area (Å²) in [4.78, 5) is 16.9. The maximum Gasteiger partial charge on any atom is 0.274 e. The van der Waals surface area contributed by atoms with E-state index < -0.39 is 0 Å². The Labute approximate surface area is 145 Å². The Balaban J connectivity index is 1.62. The van der Waals surface area contributed by atoms with Crippen molar-refractivity contribution in [1.82, 2.24) is 10.3 Å². The van der Waals surface area contributed by atoms with E-state index in [2.05, 4.69) is 22.4 Å². The second-order valence-corrected chi connectivity index (χ2v) is 5.99. The van der Waals surface area contributed by atoms with Gasteiger partial charge >= 0.3 is 0 Å². The van der Waals surface area contributed by atoms with Crippen molar-refractivity contribution in [2.75, 3.05) is 7.11 Å². The van der Waals surface area contributed by atoms with Crippen molar-refractivity contribution in [1.29, 1.82) is 0 Å². The van der Waals surface area contributed by atoms with Gasteiger partial charge in [-0.1, -0.05) is 36.4 Å². The summed E-state index contributed by atoms with van der Waals surface area (Å²) < 4.78 is 10.9. The first-order valence-electron chi connectivity index (χ1n) is 8.23. The van der Waals surface area contributed by atoms with Gasteiger partial charge in [-0.05, 0) is 36.1 Å². The normalized spacial score (nSPS) is 15.6. The SMILES string of the molecule is COc1ccccc1-c1ocnc1C(=O)NC1CCc2ccccc21. The van der Waals surface area contributed by atoms with Gasteiger partial charge in [-0.25, -0.2) is 4.98 Å². The zero-order valence-electron chi connectivity index (χ0n) is 13.9. The topological polar surface area (TPSA) is 64.4 Å². The minimum Gasteiger partial charge on any atom is -0.496 e. The molecule has 1 aliphatic carbocycles. The highest BCUT2D eigenvalue weighted by Gasteiger charge is 2.27. The molecule has 1 unspecified atom stereocenters. The molecule has 5 nitrogen and oxygen atoms in total. The number of aromatic nitrogens is 1. The number of benzene rings is 2. The Bertz CT molecular complexity index is 917. The molecule has 2 aromatic carbocycles. The summed E-state index contributed by atoms with van der Waals surface area (Å²) >= 11 is 0. The van der Waals surface area contributed by atoms with Crippen LogP contribution in [-0.4, -0.2) is 18.0 Å². The maximum atomic E-state index is 12.8. The lowest BCUT2D eigenvalue weighted by atomic mass is 10.1. The lowest BCUT2D eigenvalue weighted by molar-refractivity contribution is 0.0932. The van der Waals surface area contributed by atoms with Crippen LogP contribution >= 0.6 is 0 Å². The largest absolute Gasteiger partial charge is 0.496 e. The molecule has 3 aromatic rings. The smallest absolute Gasteiger partial charge is 0.274 e. The molecule has 0 fully saturated rings. The fraction of sp³-hybridized carbons (Fsp3) is 0.200. The number of oxazole rings is 1. The molecule has 126 valence electrons. The van der Waals surface area contributed by atoms with Crippen molar-refractivity contribution < 1.29 is 13.9 Å². The van der Waals surface area contributed by atoms with Crippen LogP contribution in [-0.2, 0) is 6.42 Å². The van der Waals surface area contributed by atoms with Gasteiger partial charge in [0, 0.05) is 0 Å². The molecular weight excluding hydrogens is 316 g/mol. The molecule has 1 heterocycles. The van der Waals surface area contributed by atoms with E-state index >= 15 is 0 Å². The third kappa shape index (κ3) is 2.78. The summed E-state index contributed by atoms with van der Waals surface area (Å²) in [5.74, 6) is 0.817. The van der Waals surface area contributed by atoms with E-state index in [4.69, 9.17) is 9.15 Å². The highest BCUT2D eigenvalue weighted by Crippen LogP contribution is 2.34. The van der Waals surface area contributed by atoms with Crippen LogP contribution in [0.4, 0.5) is 0 Å². The average molecular weight is 334 g/mol. The Morgan fingerprint density at radius 1 is 1.20 bits per heavy atom. The molecule has 4 rings (SSSR count). The lowest BCUT2D eigenvalue weighted by Gasteiger charge is -2.14. The molecule has 25 heavy (non-hydrogen) atoms. The number of para-hydroxylation sites is 1. The Hall–Kier alpha value is -3.08. The van der Waals surface area contributed by atoms with Crippen molar-refractivity contribution >= 4 is 5.91 Å². The van der Waals surface area contributed by atoms with Crippen molar-refractivity contribution in [3.8, 4) is 17.1 Å². The fourth-order valence-corrected chi connectivity index (χ4v) is 3.36. The van der Waals surface area contributed by atoms with Gasteiger partial charge in [0.1, 0.15) is 5.75 Å². The van der Waals surface area contributed by atoms with Crippen molar-refractivity contribution in [3.63, 3.8) is 0 Å². The molecule has 0 saturated carbocycles. The number of nitrogens with zero attached hydrogens (tertiary/aromatic N) is 1. The van der Waals surface area contributed by atoms with Crippen LogP contribution in [0.25, 0.3) is 11.3 Å². The summed E-state index contributed by atoms with van der Waals surface area (Å²) in [5.41, 5.74) is 3.45. The first kappa shape index (κ1) is 15.4. The number of carbonyl (C=O) groups excluding carboxylic acids is 1. The van der Waals surface area contributed by atoms with Crippen LogP contribution in [0.3, 0.4) is 0 Å². The number of hydrogen-bond donors (Lipinski definition) is 1. The molecule has 1 N–H and O–H groups in total. The van der Waals surface area contributed by atoms with Crippen LogP contribution in [0.2, 0.25) is 0 Å². The van der Waals surface area contributed by atoms with Crippen molar-refractivity contribution in [2.24, 2.45) is 0 Å². The summed E-state index contributed by atoms with van der Waals surface area (Å²) in [6, 6.07) is 15.6. The standard InChI is InChI=1S/C20H18N2O3/c1-24-17-9-5-4-8-15(17)19-18(21-12-25-19)20(23)22-16-11-10-13-6-2-3-7-14(13)16/h2-9,12,16H,10-11H2,1H3,(H,22,23). The van der Waals surface area contributed by atoms with Crippen molar-refractivity contribution in [3.05, 3.63) is 71.7 Å². The van der Waals surface area contributed by atoms with Gasteiger partial charge in [-0.15, -0.1) is 0 Å². The second kappa shape index (κ2) is 6.43.